The quantitative estimate of drug-likeness (QED) is 0.872. The van der Waals surface area contributed by atoms with E-state index in [0.717, 1.165) is 31.4 Å². The van der Waals surface area contributed by atoms with E-state index in [9.17, 15) is 9.59 Å². The van der Waals surface area contributed by atoms with Crippen LogP contribution in [0.15, 0.2) is 12.1 Å². The molecule has 1 aromatic rings. The first-order valence-corrected chi connectivity index (χ1v) is 9.88. The third-order valence-corrected chi connectivity index (χ3v) is 5.33. The Morgan fingerprint density at radius 3 is 2.56 bits per heavy atom. The molecule has 0 aliphatic carbocycles. The number of amides is 2. The van der Waals surface area contributed by atoms with Gasteiger partial charge in [-0.25, -0.2) is 0 Å². The van der Waals surface area contributed by atoms with Crippen LogP contribution in [0.5, 0.6) is 5.88 Å². The van der Waals surface area contributed by atoms with Gasteiger partial charge in [0.15, 0.2) is 0 Å². The van der Waals surface area contributed by atoms with E-state index >= 15 is 0 Å². The molecule has 148 valence electrons. The van der Waals surface area contributed by atoms with E-state index in [1.54, 1.807) is 0 Å². The third-order valence-electron chi connectivity index (χ3n) is 5.33. The molecule has 0 radical (unpaired) electrons. The largest absolute Gasteiger partial charge is 0.476 e. The van der Waals surface area contributed by atoms with Crippen molar-refractivity contribution in [2.75, 3.05) is 19.7 Å². The number of carbonyl (C=O) groups excluding carboxylic acids is 2. The van der Waals surface area contributed by atoms with Crippen LogP contribution in [0.1, 0.15) is 58.6 Å². The molecular formula is C20H30N4O3. The Morgan fingerprint density at radius 2 is 1.96 bits per heavy atom. The van der Waals surface area contributed by atoms with E-state index in [4.69, 9.17) is 4.74 Å². The molecule has 27 heavy (non-hydrogen) atoms. The summed E-state index contributed by atoms with van der Waals surface area (Å²) in [6.07, 6.45) is 3.88. The number of hydrogen-bond acceptors (Lipinski definition) is 5. The number of carbonyl (C=O) groups is 2. The van der Waals surface area contributed by atoms with Gasteiger partial charge in [-0.1, -0.05) is 20.8 Å². The normalized spacial score (nSPS) is 21.7. The van der Waals surface area contributed by atoms with Gasteiger partial charge in [-0.2, -0.15) is 5.10 Å². The van der Waals surface area contributed by atoms with E-state index < -0.39 is 0 Å². The highest BCUT2D eigenvalue weighted by Gasteiger charge is 2.31. The molecule has 3 heterocycles. The fourth-order valence-electron chi connectivity index (χ4n) is 3.53. The van der Waals surface area contributed by atoms with Crippen molar-refractivity contribution in [3.8, 4) is 5.88 Å². The summed E-state index contributed by atoms with van der Waals surface area (Å²) in [6.45, 7) is 8.33. The molecule has 1 atom stereocenters. The summed E-state index contributed by atoms with van der Waals surface area (Å²) in [5.74, 6) is 0.998. The summed E-state index contributed by atoms with van der Waals surface area (Å²) in [5, 5.41) is 11.2. The molecule has 2 saturated heterocycles. The van der Waals surface area contributed by atoms with Gasteiger partial charge < -0.3 is 15.0 Å². The minimum atomic E-state index is -0.337. The summed E-state index contributed by atoms with van der Waals surface area (Å²) < 4.78 is 5.81. The second-order valence-electron chi connectivity index (χ2n) is 8.60. The summed E-state index contributed by atoms with van der Waals surface area (Å²) in [6, 6.07) is 3.50. The van der Waals surface area contributed by atoms with E-state index in [1.807, 2.05) is 17.0 Å². The average Bonchev–Trinajstić information content (AvgIpc) is 2.66. The number of nitrogens with one attached hydrogen (secondary N) is 1. The molecule has 0 aromatic carbocycles. The second-order valence-corrected chi connectivity index (χ2v) is 8.60. The van der Waals surface area contributed by atoms with Crippen molar-refractivity contribution in [1.82, 2.24) is 20.4 Å². The lowest BCUT2D eigenvalue weighted by Crippen LogP contribution is -2.52. The standard InChI is InChI=1S/C20H30N4O3/c1-20(2,3)16-7-8-18(23-22-16)27-13-14-9-11-24(12-10-14)19(26)15-5-4-6-17(25)21-15/h7-8,14-15H,4-6,9-13H2,1-3H3,(H,21,25). The summed E-state index contributed by atoms with van der Waals surface area (Å²) in [5.41, 5.74) is 0.916. The minimum Gasteiger partial charge on any atom is -0.476 e. The number of aromatic nitrogens is 2. The number of ether oxygens (including phenoxy) is 1. The topological polar surface area (TPSA) is 84.4 Å². The number of hydrogen-bond donors (Lipinski definition) is 1. The SMILES string of the molecule is CC(C)(C)c1ccc(OCC2CCN(C(=O)C3CCCC(=O)N3)CC2)nn1. The van der Waals surface area contributed by atoms with Gasteiger partial charge in [-0.15, -0.1) is 5.10 Å². The Hall–Kier alpha value is -2.18. The van der Waals surface area contributed by atoms with Crippen molar-refractivity contribution in [1.29, 1.82) is 0 Å². The fraction of sp³-hybridized carbons (Fsp3) is 0.700. The van der Waals surface area contributed by atoms with E-state index in [-0.39, 0.29) is 23.3 Å². The highest BCUT2D eigenvalue weighted by molar-refractivity contribution is 5.88. The van der Waals surface area contributed by atoms with Crippen LogP contribution in [0.4, 0.5) is 0 Å². The van der Waals surface area contributed by atoms with Crippen molar-refractivity contribution < 1.29 is 14.3 Å². The van der Waals surface area contributed by atoms with Gasteiger partial charge in [0, 0.05) is 31.0 Å². The Morgan fingerprint density at radius 1 is 1.22 bits per heavy atom. The summed E-state index contributed by atoms with van der Waals surface area (Å²) in [4.78, 5) is 25.9. The highest BCUT2D eigenvalue weighted by Crippen LogP contribution is 2.22. The maximum Gasteiger partial charge on any atom is 0.245 e. The molecular weight excluding hydrogens is 344 g/mol. The molecule has 2 aliphatic rings. The number of rotatable bonds is 4. The summed E-state index contributed by atoms with van der Waals surface area (Å²) >= 11 is 0. The Kier molecular flexibility index (Phi) is 5.97. The molecule has 7 heteroatoms. The van der Waals surface area contributed by atoms with Crippen LogP contribution in [0, 0.1) is 5.92 Å². The smallest absolute Gasteiger partial charge is 0.245 e. The average molecular weight is 374 g/mol. The predicted octanol–water partition coefficient (Wildman–Crippen LogP) is 2.06. The molecule has 0 saturated carbocycles. The number of nitrogens with zero attached hydrogens (tertiary/aromatic N) is 3. The summed E-state index contributed by atoms with van der Waals surface area (Å²) in [7, 11) is 0. The van der Waals surface area contributed by atoms with Crippen LogP contribution in [0.2, 0.25) is 0 Å². The van der Waals surface area contributed by atoms with Gasteiger partial charge >= 0.3 is 0 Å². The fourth-order valence-corrected chi connectivity index (χ4v) is 3.53. The monoisotopic (exact) mass is 374 g/mol. The lowest BCUT2D eigenvalue weighted by Gasteiger charge is -2.35. The van der Waals surface area contributed by atoms with E-state index in [1.165, 1.54) is 0 Å². The Balaban J connectivity index is 1.43. The molecule has 1 aromatic heterocycles. The van der Waals surface area contributed by atoms with Crippen LogP contribution in [0.3, 0.4) is 0 Å². The molecule has 1 unspecified atom stereocenters. The maximum atomic E-state index is 12.6. The Labute approximate surface area is 160 Å². The van der Waals surface area contributed by atoms with E-state index in [2.05, 4.69) is 36.3 Å². The lowest BCUT2D eigenvalue weighted by atomic mass is 9.92. The molecule has 0 spiro atoms. The van der Waals surface area contributed by atoms with Crippen LogP contribution in [0.25, 0.3) is 0 Å². The van der Waals surface area contributed by atoms with Crippen molar-refractivity contribution in [2.45, 2.75) is 64.3 Å². The third kappa shape index (κ3) is 5.17. The first kappa shape index (κ1) is 19.6. The van der Waals surface area contributed by atoms with Crippen LogP contribution < -0.4 is 10.1 Å². The minimum absolute atomic E-state index is 0.0125. The molecule has 0 bridgehead atoms. The molecule has 7 nitrogen and oxygen atoms in total. The van der Waals surface area contributed by atoms with Crippen LogP contribution in [-0.2, 0) is 15.0 Å². The van der Waals surface area contributed by atoms with Crippen LogP contribution in [-0.4, -0.2) is 52.6 Å². The first-order chi connectivity index (χ1) is 12.8. The molecule has 2 amide bonds. The second kappa shape index (κ2) is 8.23. The van der Waals surface area contributed by atoms with Crippen molar-refractivity contribution in [3.05, 3.63) is 17.8 Å². The van der Waals surface area contributed by atoms with Gasteiger partial charge in [0.25, 0.3) is 0 Å². The van der Waals surface area contributed by atoms with Crippen molar-refractivity contribution in [2.24, 2.45) is 5.92 Å². The molecule has 3 rings (SSSR count). The van der Waals surface area contributed by atoms with Gasteiger partial charge in [0.2, 0.25) is 17.7 Å². The molecule has 1 N–H and O–H groups in total. The first-order valence-electron chi connectivity index (χ1n) is 9.88. The number of piperidine rings is 2. The van der Waals surface area contributed by atoms with Crippen molar-refractivity contribution in [3.63, 3.8) is 0 Å². The zero-order valence-electron chi connectivity index (χ0n) is 16.5. The Bertz CT molecular complexity index is 661. The van der Waals surface area contributed by atoms with Gasteiger partial charge in [0.05, 0.1) is 12.3 Å². The molecule has 2 fully saturated rings. The zero-order chi connectivity index (χ0) is 19.4. The van der Waals surface area contributed by atoms with E-state index in [0.29, 0.717) is 37.9 Å². The van der Waals surface area contributed by atoms with Gasteiger partial charge in [0.1, 0.15) is 6.04 Å². The number of likely N-dealkylation sites (tertiary alicyclic amines) is 1. The van der Waals surface area contributed by atoms with Gasteiger partial charge in [-0.3, -0.25) is 9.59 Å². The van der Waals surface area contributed by atoms with Crippen LogP contribution >= 0.6 is 0 Å². The molecule has 2 aliphatic heterocycles. The lowest BCUT2D eigenvalue weighted by molar-refractivity contribution is -0.139. The zero-order valence-corrected chi connectivity index (χ0v) is 16.5. The van der Waals surface area contributed by atoms with Crippen molar-refractivity contribution >= 4 is 11.8 Å². The van der Waals surface area contributed by atoms with Gasteiger partial charge in [-0.05, 0) is 37.7 Å². The highest BCUT2D eigenvalue weighted by atomic mass is 16.5. The predicted molar refractivity (Wildman–Crippen MR) is 101 cm³/mol. The maximum absolute atomic E-state index is 12.6.